The lowest BCUT2D eigenvalue weighted by Crippen LogP contribution is -2.30. The van der Waals surface area contributed by atoms with Crippen molar-refractivity contribution in [2.24, 2.45) is 5.73 Å². The van der Waals surface area contributed by atoms with E-state index in [2.05, 4.69) is 9.97 Å². The minimum atomic E-state index is -1.34. The molecule has 0 unspecified atom stereocenters. The maximum absolute atomic E-state index is 11.9. The van der Waals surface area contributed by atoms with Crippen LogP contribution in [-0.2, 0) is 12.8 Å². The molecule has 0 saturated carbocycles. The van der Waals surface area contributed by atoms with Gasteiger partial charge in [-0.3, -0.25) is 9.78 Å². The number of aryl methyl sites for hydroxylation is 1. The third-order valence-corrected chi connectivity index (χ3v) is 3.95. The van der Waals surface area contributed by atoms with Crippen LogP contribution in [-0.4, -0.2) is 39.3 Å². The number of hydrogen-bond acceptors (Lipinski definition) is 6. The molecule has 1 aromatic heterocycles. The van der Waals surface area contributed by atoms with Gasteiger partial charge in [0.1, 0.15) is 17.2 Å². The number of nitrogens with one attached hydrogen (secondary N) is 2. The van der Waals surface area contributed by atoms with Crippen LogP contribution in [0.3, 0.4) is 0 Å². The first-order valence-electron chi connectivity index (χ1n) is 9.16. The fraction of sp³-hybridized carbons (Fsp3) is 0.190. The van der Waals surface area contributed by atoms with Crippen LogP contribution in [0, 0.1) is 0 Å². The third-order valence-electron chi connectivity index (χ3n) is 3.95. The van der Waals surface area contributed by atoms with E-state index in [4.69, 9.17) is 20.7 Å². The van der Waals surface area contributed by atoms with Gasteiger partial charge >= 0.3 is 11.7 Å². The lowest BCUT2D eigenvalue weighted by atomic mass is 10.0. The molecule has 0 atom stereocenters. The number of rotatable bonds is 7. The number of hydrogen-bond donors (Lipinski definition) is 5. The Labute approximate surface area is 171 Å². The highest BCUT2D eigenvalue weighted by Crippen LogP contribution is 2.21. The number of aromatic nitrogens is 2. The second-order valence-electron chi connectivity index (χ2n) is 6.14. The van der Waals surface area contributed by atoms with Crippen LogP contribution in [0.5, 0.6) is 11.5 Å². The molecular weight excluding hydrogens is 390 g/mol. The number of carboxylic acid groups (broad SMARTS) is 1. The summed E-state index contributed by atoms with van der Waals surface area (Å²) in [4.78, 5) is 38.6. The first-order valence-corrected chi connectivity index (χ1v) is 9.16. The number of carbonyl (C=O) groups is 1. The Morgan fingerprint density at radius 2 is 1.53 bits per heavy atom. The van der Waals surface area contributed by atoms with Crippen molar-refractivity contribution in [1.82, 2.24) is 9.97 Å². The smallest absolute Gasteiger partial charge is 0.352 e. The zero-order valence-electron chi connectivity index (χ0n) is 16.1. The van der Waals surface area contributed by atoms with Crippen LogP contribution in [0.25, 0.3) is 0 Å². The van der Waals surface area contributed by atoms with Gasteiger partial charge in [0.15, 0.2) is 0 Å². The molecule has 158 valence electrons. The normalized spacial score (nSPS) is 10.1. The Kier molecular flexibility index (Phi) is 8.55. The van der Waals surface area contributed by atoms with E-state index in [1.165, 1.54) is 0 Å². The summed E-state index contributed by atoms with van der Waals surface area (Å²) in [5, 5.41) is 16.9. The number of nitrogens with two attached hydrogens (primary N) is 1. The maximum atomic E-state index is 11.9. The van der Waals surface area contributed by atoms with Crippen LogP contribution < -0.4 is 21.7 Å². The lowest BCUT2D eigenvalue weighted by Gasteiger charge is -2.07. The maximum Gasteiger partial charge on any atom is 0.352 e. The Hall–Kier alpha value is -3.69. The Morgan fingerprint density at radius 3 is 2.10 bits per heavy atom. The minimum absolute atomic E-state index is 0.0433. The van der Waals surface area contributed by atoms with Gasteiger partial charge in [-0.2, -0.15) is 0 Å². The molecular formula is C21H23N3O6. The Bertz CT molecular complexity index is 1060. The van der Waals surface area contributed by atoms with Crippen molar-refractivity contribution in [3.63, 3.8) is 0 Å². The van der Waals surface area contributed by atoms with E-state index in [1.54, 1.807) is 12.1 Å². The number of benzene rings is 2. The summed E-state index contributed by atoms with van der Waals surface area (Å²) in [5.74, 6) is 0.0639. The van der Waals surface area contributed by atoms with E-state index in [1.807, 2.05) is 42.5 Å². The molecule has 0 radical (unpaired) electrons. The zero-order valence-corrected chi connectivity index (χ0v) is 16.1. The predicted molar refractivity (Wildman–Crippen MR) is 111 cm³/mol. The van der Waals surface area contributed by atoms with Gasteiger partial charge in [-0.1, -0.05) is 30.3 Å². The van der Waals surface area contributed by atoms with E-state index in [9.17, 15) is 14.4 Å². The minimum Gasteiger partial charge on any atom is -0.477 e. The molecule has 0 aliphatic carbocycles. The SMILES string of the molecule is NCCO.O=C(O)c1[nH]c(=O)[nH]c(=O)c1CCc1ccc(Oc2ccccc2)cc1. The number of aliphatic hydroxyl groups excluding tert-OH is 1. The summed E-state index contributed by atoms with van der Waals surface area (Å²) in [6.07, 6.45) is 0.633. The van der Waals surface area contributed by atoms with Gasteiger partial charge in [0.2, 0.25) is 0 Å². The van der Waals surface area contributed by atoms with Crippen molar-refractivity contribution in [2.75, 3.05) is 13.2 Å². The monoisotopic (exact) mass is 413 g/mol. The van der Waals surface area contributed by atoms with E-state index in [0.717, 1.165) is 11.3 Å². The molecule has 0 amide bonds. The summed E-state index contributed by atoms with van der Waals surface area (Å²) < 4.78 is 5.71. The average molecular weight is 413 g/mol. The average Bonchev–Trinajstić information content (AvgIpc) is 2.74. The van der Waals surface area contributed by atoms with Crippen molar-refractivity contribution in [2.45, 2.75) is 12.8 Å². The van der Waals surface area contributed by atoms with Gasteiger partial charge in [-0.15, -0.1) is 0 Å². The number of aliphatic hydroxyl groups is 1. The molecule has 0 aliphatic heterocycles. The fourth-order valence-electron chi connectivity index (χ4n) is 2.55. The predicted octanol–water partition coefficient (Wildman–Crippen LogP) is 1.28. The summed E-state index contributed by atoms with van der Waals surface area (Å²) in [6.45, 7) is 0.472. The molecule has 3 aromatic rings. The van der Waals surface area contributed by atoms with Crippen molar-refractivity contribution in [3.05, 3.63) is 92.3 Å². The van der Waals surface area contributed by atoms with Crippen LogP contribution in [0.2, 0.25) is 0 Å². The summed E-state index contributed by atoms with van der Waals surface area (Å²) in [5.41, 5.74) is 3.84. The van der Waals surface area contributed by atoms with Gasteiger partial charge in [0, 0.05) is 12.1 Å². The highest BCUT2D eigenvalue weighted by molar-refractivity contribution is 5.86. The van der Waals surface area contributed by atoms with E-state index in [-0.39, 0.29) is 24.3 Å². The van der Waals surface area contributed by atoms with Crippen LogP contribution in [0.1, 0.15) is 21.6 Å². The molecule has 0 saturated heterocycles. The van der Waals surface area contributed by atoms with E-state index in [0.29, 0.717) is 18.7 Å². The topological polar surface area (TPSA) is 158 Å². The number of aromatic carboxylic acids is 1. The highest BCUT2D eigenvalue weighted by atomic mass is 16.5. The molecule has 0 aliphatic rings. The number of carboxylic acids is 1. The molecule has 0 spiro atoms. The molecule has 9 heteroatoms. The number of para-hydroxylation sites is 1. The van der Waals surface area contributed by atoms with Crippen LogP contribution >= 0.6 is 0 Å². The van der Waals surface area contributed by atoms with Crippen molar-refractivity contribution in [1.29, 1.82) is 0 Å². The molecule has 6 N–H and O–H groups in total. The van der Waals surface area contributed by atoms with Crippen LogP contribution in [0.4, 0.5) is 0 Å². The second-order valence-corrected chi connectivity index (χ2v) is 6.14. The summed E-state index contributed by atoms with van der Waals surface area (Å²) in [6, 6.07) is 16.7. The van der Waals surface area contributed by atoms with Gasteiger partial charge in [-0.25, -0.2) is 9.59 Å². The molecule has 2 aromatic carbocycles. The number of ether oxygens (including phenoxy) is 1. The van der Waals surface area contributed by atoms with E-state index >= 15 is 0 Å². The Balaban J connectivity index is 0.000000735. The van der Waals surface area contributed by atoms with Crippen molar-refractivity contribution < 1.29 is 19.7 Å². The first kappa shape index (κ1) is 22.6. The molecule has 1 heterocycles. The number of H-pyrrole nitrogens is 2. The van der Waals surface area contributed by atoms with E-state index < -0.39 is 17.2 Å². The van der Waals surface area contributed by atoms with Crippen molar-refractivity contribution in [3.8, 4) is 11.5 Å². The largest absolute Gasteiger partial charge is 0.477 e. The third kappa shape index (κ3) is 6.73. The van der Waals surface area contributed by atoms with Crippen LogP contribution in [0.15, 0.2) is 64.2 Å². The highest BCUT2D eigenvalue weighted by Gasteiger charge is 2.15. The molecule has 30 heavy (non-hydrogen) atoms. The summed E-state index contributed by atoms with van der Waals surface area (Å²) >= 11 is 0. The summed E-state index contributed by atoms with van der Waals surface area (Å²) in [7, 11) is 0. The number of aromatic amines is 2. The van der Waals surface area contributed by atoms with Gasteiger partial charge in [-0.05, 0) is 42.7 Å². The lowest BCUT2D eigenvalue weighted by molar-refractivity contribution is 0.0688. The molecule has 0 bridgehead atoms. The fourth-order valence-corrected chi connectivity index (χ4v) is 2.55. The molecule has 0 fully saturated rings. The zero-order chi connectivity index (χ0) is 21.9. The standard InChI is InChI=1S/C19H16N2O5.C2H7NO/c22-17-15(16(18(23)24)20-19(25)21-17)11-8-12-6-9-14(10-7-12)26-13-4-2-1-3-5-13;3-1-2-4/h1-7,9-10H,8,11H2,(H,23,24)(H2,20,21,22,25);4H,1-3H2. The van der Waals surface area contributed by atoms with Gasteiger partial charge in [0.05, 0.1) is 6.61 Å². The first-order chi connectivity index (χ1) is 14.4. The molecule has 9 nitrogen and oxygen atoms in total. The second kappa shape index (κ2) is 11.3. The van der Waals surface area contributed by atoms with Gasteiger partial charge < -0.3 is 25.7 Å². The van der Waals surface area contributed by atoms with Crippen molar-refractivity contribution >= 4 is 5.97 Å². The Morgan fingerprint density at radius 1 is 0.933 bits per heavy atom. The molecule has 3 rings (SSSR count). The quantitative estimate of drug-likeness (QED) is 0.390. The van der Waals surface area contributed by atoms with Gasteiger partial charge in [0.25, 0.3) is 5.56 Å².